The first-order chi connectivity index (χ1) is 6.16. The average Bonchev–Trinajstić information content (AvgIpc) is 2.18. The summed E-state index contributed by atoms with van der Waals surface area (Å²) < 4.78 is 16.0. The van der Waals surface area contributed by atoms with Crippen LogP contribution in [0.5, 0.6) is 0 Å². The maximum absolute atomic E-state index is 5.34. The van der Waals surface area contributed by atoms with Crippen LogP contribution in [0.1, 0.15) is 20.3 Å². The van der Waals surface area contributed by atoms with Crippen molar-refractivity contribution in [2.45, 2.75) is 25.8 Å². The van der Waals surface area contributed by atoms with Gasteiger partial charge in [0.05, 0.1) is 0 Å². The van der Waals surface area contributed by atoms with Crippen LogP contribution in [0.4, 0.5) is 0 Å². The SMILES string of the molecule is CC/C=C/C(C)[Si](OC)(OC)OC. The van der Waals surface area contributed by atoms with Gasteiger partial charge in [0.1, 0.15) is 0 Å². The van der Waals surface area contributed by atoms with Crippen molar-refractivity contribution in [1.29, 1.82) is 0 Å². The molecule has 13 heavy (non-hydrogen) atoms. The van der Waals surface area contributed by atoms with Crippen molar-refractivity contribution in [3.05, 3.63) is 12.2 Å². The first kappa shape index (κ1) is 12.8. The van der Waals surface area contributed by atoms with Crippen molar-refractivity contribution < 1.29 is 13.3 Å². The molecular formula is C9H20O3Si. The molecule has 0 bridgehead atoms. The highest BCUT2D eigenvalue weighted by Gasteiger charge is 2.43. The Kier molecular flexibility index (Phi) is 6.24. The Morgan fingerprint density at radius 3 is 1.92 bits per heavy atom. The number of rotatable bonds is 6. The zero-order valence-electron chi connectivity index (χ0n) is 9.16. The minimum absolute atomic E-state index is 0.201. The Morgan fingerprint density at radius 1 is 1.15 bits per heavy atom. The molecule has 78 valence electrons. The second-order valence-corrected chi connectivity index (χ2v) is 6.18. The van der Waals surface area contributed by atoms with Gasteiger partial charge in [0, 0.05) is 26.9 Å². The predicted octanol–water partition coefficient (Wildman–Crippen LogP) is 2.22. The Morgan fingerprint density at radius 2 is 1.62 bits per heavy atom. The normalized spacial score (nSPS) is 15.2. The Hall–Kier alpha value is -0.163. The van der Waals surface area contributed by atoms with Crippen LogP contribution >= 0.6 is 0 Å². The van der Waals surface area contributed by atoms with Crippen LogP contribution in [0.25, 0.3) is 0 Å². The fourth-order valence-electron chi connectivity index (χ4n) is 1.27. The van der Waals surface area contributed by atoms with E-state index >= 15 is 0 Å². The molecule has 0 heterocycles. The topological polar surface area (TPSA) is 27.7 Å². The monoisotopic (exact) mass is 204 g/mol. The number of hydrogen-bond acceptors (Lipinski definition) is 3. The standard InChI is InChI=1S/C9H20O3Si/c1-6-7-8-9(2)13(10-3,11-4)12-5/h7-9H,6H2,1-5H3/b8-7+. The highest BCUT2D eigenvalue weighted by molar-refractivity contribution is 6.62. The maximum atomic E-state index is 5.34. The molecule has 0 fully saturated rings. The fraction of sp³-hybridized carbons (Fsp3) is 0.778. The van der Waals surface area contributed by atoms with E-state index in [9.17, 15) is 0 Å². The summed E-state index contributed by atoms with van der Waals surface area (Å²) in [4.78, 5) is 0. The summed E-state index contributed by atoms with van der Waals surface area (Å²) in [5.41, 5.74) is 0.201. The Labute approximate surface area is 82.1 Å². The van der Waals surface area contributed by atoms with E-state index in [1.165, 1.54) is 0 Å². The van der Waals surface area contributed by atoms with E-state index in [0.717, 1.165) is 6.42 Å². The third kappa shape index (κ3) is 3.23. The molecule has 0 aromatic heterocycles. The van der Waals surface area contributed by atoms with Crippen LogP contribution in [0.15, 0.2) is 12.2 Å². The van der Waals surface area contributed by atoms with E-state index < -0.39 is 8.80 Å². The van der Waals surface area contributed by atoms with E-state index in [0.29, 0.717) is 0 Å². The van der Waals surface area contributed by atoms with Gasteiger partial charge in [-0.2, -0.15) is 0 Å². The summed E-state index contributed by atoms with van der Waals surface area (Å²) in [6, 6.07) is 0. The molecule has 0 saturated heterocycles. The van der Waals surface area contributed by atoms with E-state index in [-0.39, 0.29) is 5.54 Å². The van der Waals surface area contributed by atoms with E-state index in [1.807, 2.05) is 0 Å². The molecule has 0 rings (SSSR count). The molecule has 0 N–H and O–H groups in total. The lowest BCUT2D eigenvalue weighted by molar-refractivity contribution is 0.118. The minimum atomic E-state index is -2.44. The van der Waals surface area contributed by atoms with Crippen LogP contribution in [-0.2, 0) is 13.3 Å². The van der Waals surface area contributed by atoms with Crippen molar-refractivity contribution in [3.63, 3.8) is 0 Å². The van der Waals surface area contributed by atoms with E-state index in [4.69, 9.17) is 13.3 Å². The van der Waals surface area contributed by atoms with Gasteiger partial charge in [-0.05, 0) is 6.42 Å². The third-order valence-corrected chi connectivity index (χ3v) is 5.09. The van der Waals surface area contributed by atoms with Crippen LogP contribution in [-0.4, -0.2) is 30.1 Å². The molecule has 0 amide bonds. The second-order valence-electron chi connectivity index (χ2n) is 2.84. The molecule has 1 atom stereocenters. The molecule has 0 aliphatic rings. The number of allylic oxidation sites excluding steroid dienone is 2. The van der Waals surface area contributed by atoms with Crippen LogP contribution in [0.3, 0.4) is 0 Å². The van der Waals surface area contributed by atoms with Gasteiger partial charge in [-0.3, -0.25) is 0 Å². The van der Waals surface area contributed by atoms with E-state index in [1.54, 1.807) is 21.3 Å². The van der Waals surface area contributed by atoms with Gasteiger partial charge in [0.2, 0.25) is 0 Å². The lowest BCUT2D eigenvalue weighted by atomic mass is 10.3. The molecule has 0 aromatic rings. The van der Waals surface area contributed by atoms with Gasteiger partial charge in [-0.1, -0.05) is 26.0 Å². The summed E-state index contributed by atoms with van der Waals surface area (Å²) in [7, 11) is 2.46. The van der Waals surface area contributed by atoms with Gasteiger partial charge < -0.3 is 13.3 Å². The average molecular weight is 204 g/mol. The van der Waals surface area contributed by atoms with E-state index in [2.05, 4.69) is 26.0 Å². The maximum Gasteiger partial charge on any atom is 0.507 e. The highest BCUT2D eigenvalue weighted by atomic mass is 28.4. The molecule has 0 aromatic carbocycles. The highest BCUT2D eigenvalue weighted by Crippen LogP contribution is 2.24. The Bertz CT molecular complexity index is 147. The van der Waals surface area contributed by atoms with Crippen molar-refractivity contribution >= 4 is 8.80 Å². The van der Waals surface area contributed by atoms with Gasteiger partial charge in [0.15, 0.2) is 0 Å². The fourth-order valence-corrected chi connectivity index (χ4v) is 3.25. The second kappa shape index (κ2) is 6.31. The summed E-state index contributed by atoms with van der Waals surface area (Å²) >= 11 is 0. The van der Waals surface area contributed by atoms with Crippen molar-refractivity contribution in [2.75, 3.05) is 21.3 Å². The Balaban J connectivity index is 4.43. The minimum Gasteiger partial charge on any atom is -0.376 e. The molecule has 0 radical (unpaired) electrons. The summed E-state index contributed by atoms with van der Waals surface area (Å²) in [5, 5.41) is 0. The molecule has 0 saturated carbocycles. The van der Waals surface area contributed by atoms with Crippen LogP contribution < -0.4 is 0 Å². The van der Waals surface area contributed by atoms with Crippen molar-refractivity contribution in [1.82, 2.24) is 0 Å². The van der Waals surface area contributed by atoms with Crippen LogP contribution in [0, 0.1) is 0 Å². The smallest absolute Gasteiger partial charge is 0.376 e. The summed E-state index contributed by atoms with van der Waals surface area (Å²) in [6.45, 7) is 4.15. The molecule has 3 nitrogen and oxygen atoms in total. The van der Waals surface area contributed by atoms with Crippen molar-refractivity contribution in [3.8, 4) is 0 Å². The molecular weight excluding hydrogens is 184 g/mol. The zero-order chi connectivity index (χ0) is 10.3. The van der Waals surface area contributed by atoms with Gasteiger partial charge in [0.25, 0.3) is 0 Å². The summed E-state index contributed by atoms with van der Waals surface area (Å²) in [5.74, 6) is 0. The predicted molar refractivity (Wildman–Crippen MR) is 55.6 cm³/mol. The first-order valence-electron chi connectivity index (χ1n) is 4.49. The lowest BCUT2D eigenvalue weighted by Gasteiger charge is -2.28. The quantitative estimate of drug-likeness (QED) is 0.490. The lowest BCUT2D eigenvalue weighted by Crippen LogP contribution is -2.46. The van der Waals surface area contributed by atoms with Crippen LogP contribution in [0.2, 0.25) is 5.54 Å². The first-order valence-corrected chi connectivity index (χ1v) is 6.29. The molecule has 1 unspecified atom stereocenters. The van der Waals surface area contributed by atoms with Gasteiger partial charge in [-0.25, -0.2) is 0 Å². The van der Waals surface area contributed by atoms with Crippen molar-refractivity contribution in [2.24, 2.45) is 0 Å². The number of hydrogen-bond donors (Lipinski definition) is 0. The van der Waals surface area contributed by atoms with Gasteiger partial charge in [-0.15, -0.1) is 0 Å². The zero-order valence-corrected chi connectivity index (χ0v) is 10.2. The summed E-state index contributed by atoms with van der Waals surface area (Å²) in [6.07, 6.45) is 5.21. The molecule has 0 aliphatic carbocycles. The molecule has 0 aliphatic heterocycles. The third-order valence-electron chi connectivity index (χ3n) is 2.07. The largest absolute Gasteiger partial charge is 0.507 e. The molecule has 0 spiro atoms. The van der Waals surface area contributed by atoms with Gasteiger partial charge >= 0.3 is 8.80 Å². The molecule has 4 heteroatoms.